The van der Waals surface area contributed by atoms with Crippen LogP contribution in [0, 0.1) is 0 Å². The lowest BCUT2D eigenvalue weighted by Crippen LogP contribution is -2.37. The fraction of sp³-hybridized carbons (Fsp3) is 0.778. The van der Waals surface area contributed by atoms with Crippen molar-refractivity contribution in [3.05, 3.63) is 0 Å². The Bertz CT molecular complexity index is 238. The summed E-state index contributed by atoms with van der Waals surface area (Å²) in [5.74, 6) is -1.14. The molecule has 15 heavy (non-hydrogen) atoms. The molecule has 0 aliphatic rings. The van der Waals surface area contributed by atoms with Crippen LogP contribution < -0.4 is 11.5 Å². The average Bonchev–Trinajstić information content (AvgIpc) is 2.00. The maximum absolute atomic E-state index is 11.2. The molecular weight excluding hydrogens is 212 g/mol. The highest BCUT2D eigenvalue weighted by Crippen LogP contribution is 2.07. The SMILES string of the molecule is C[Si](C)(C)CCOC(=O)C(N)CC(N)=O. The first-order valence-electron chi connectivity index (χ1n) is 4.93. The van der Waals surface area contributed by atoms with E-state index in [4.69, 9.17) is 16.2 Å². The Labute approximate surface area is 91.2 Å². The summed E-state index contributed by atoms with van der Waals surface area (Å²) in [6, 6.07) is -0.0358. The molecule has 1 amide bonds. The van der Waals surface area contributed by atoms with Crippen LogP contribution in [0.15, 0.2) is 0 Å². The van der Waals surface area contributed by atoms with Gasteiger partial charge in [0.15, 0.2) is 0 Å². The molecule has 6 heteroatoms. The lowest BCUT2D eigenvalue weighted by Gasteiger charge is -2.16. The smallest absolute Gasteiger partial charge is 0.323 e. The van der Waals surface area contributed by atoms with E-state index in [2.05, 4.69) is 19.6 Å². The minimum atomic E-state index is -1.20. The Kier molecular flexibility index (Phi) is 5.52. The second kappa shape index (κ2) is 5.87. The Morgan fingerprint density at radius 3 is 2.27 bits per heavy atom. The first kappa shape index (κ1) is 14.1. The van der Waals surface area contributed by atoms with E-state index in [1.54, 1.807) is 0 Å². The molecule has 4 N–H and O–H groups in total. The number of carbonyl (C=O) groups is 2. The number of hydrogen-bond acceptors (Lipinski definition) is 4. The third-order valence-corrected chi connectivity index (χ3v) is 3.52. The highest BCUT2D eigenvalue weighted by atomic mass is 28.3. The summed E-state index contributed by atoms with van der Waals surface area (Å²) in [4.78, 5) is 21.7. The fourth-order valence-corrected chi connectivity index (χ4v) is 1.58. The molecule has 0 bridgehead atoms. The van der Waals surface area contributed by atoms with Crippen LogP contribution in [0.5, 0.6) is 0 Å². The number of hydrogen-bond donors (Lipinski definition) is 2. The molecule has 0 saturated carbocycles. The molecule has 1 unspecified atom stereocenters. The fourth-order valence-electron chi connectivity index (χ4n) is 0.865. The van der Waals surface area contributed by atoms with Gasteiger partial charge in [0, 0.05) is 8.07 Å². The van der Waals surface area contributed by atoms with Gasteiger partial charge in [-0.15, -0.1) is 0 Å². The van der Waals surface area contributed by atoms with E-state index < -0.39 is 26.0 Å². The second-order valence-electron chi connectivity index (χ2n) is 4.76. The van der Waals surface area contributed by atoms with Crippen LogP contribution in [0.1, 0.15) is 6.42 Å². The zero-order chi connectivity index (χ0) is 12.1. The van der Waals surface area contributed by atoms with Crippen LogP contribution in [0.4, 0.5) is 0 Å². The minimum Gasteiger partial charge on any atom is -0.465 e. The predicted molar refractivity (Wildman–Crippen MR) is 60.9 cm³/mol. The van der Waals surface area contributed by atoms with Gasteiger partial charge in [-0.2, -0.15) is 0 Å². The number of carbonyl (C=O) groups excluding carboxylic acids is 2. The second-order valence-corrected chi connectivity index (χ2v) is 10.4. The van der Waals surface area contributed by atoms with Crippen LogP contribution in [-0.4, -0.2) is 32.6 Å². The first-order valence-corrected chi connectivity index (χ1v) is 8.63. The van der Waals surface area contributed by atoms with Gasteiger partial charge in [-0.25, -0.2) is 0 Å². The molecule has 0 saturated heterocycles. The van der Waals surface area contributed by atoms with Crippen LogP contribution in [0.3, 0.4) is 0 Å². The summed E-state index contributed by atoms with van der Waals surface area (Å²) in [5.41, 5.74) is 10.3. The van der Waals surface area contributed by atoms with Crippen molar-refractivity contribution >= 4 is 20.0 Å². The van der Waals surface area contributed by atoms with Crippen LogP contribution in [0.2, 0.25) is 25.7 Å². The highest BCUT2D eigenvalue weighted by molar-refractivity contribution is 6.76. The third kappa shape index (κ3) is 8.13. The number of amides is 1. The van der Waals surface area contributed by atoms with E-state index in [0.29, 0.717) is 6.61 Å². The summed E-state index contributed by atoms with van der Waals surface area (Å²) in [7, 11) is -1.20. The maximum atomic E-state index is 11.2. The first-order chi connectivity index (χ1) is 6.72. The summed E-state index contributed by atoms with van der Waals surface area (Å²) < 4.78 is 4.94. The molecule has 0 aliphatic carbocycles. The van der Waals surface area contributed by atoms with E-state index in [-0.39, 0.29) is 6.42 Å². The molecule has 1 atom stereocenters. The van der Waals surface area contributed by atoms with E-state index in [1.807, 2.05) is 0 Å². The number of nitrogens with two attached hydrogens (primary N) is 2. The van der Waals surface area contributed by atoms with Gasteiger partial charge in [-0.3, -0.25) is 9.59 Å². The van der Waals surface area contributed by atoms with E-state index >= 15 is 0 Å². The van der Waals surface area contributed by atoms with Crippen molar-refractivity contribution in [1.29, 1.82) is 0 Å². The Morgan fingerprint density at radius 1 is 1.33 bits per heavy atom. The third-order valence-electron chi connectivity index (χ3n) is 1.82. The van der Waals surface area contributed by atoms with Gasteiger partial charge < -0.3 is 16.2 Å². The van der Waals surface area contributed by atoms with Gasteiger partial charge >= 0.3 is 5.97 Å². The zero-order valence-electron chi connectivity index (χ0n) is 9.58. The summed E-state index contributed by atoms with van der Waals surface area (Å²) >= 11 is 0. The topological polar surface area (TPSA) is 95.4 Å². The van der Waals surface area contributed by atoms with Crippen LogP contribution >= 0.6 is 0 Å². The number of rotatable bonds is 6. The van der Waals surface area contributed by atoms with E-state index in [9.17, 15) is 9.59 Å². The zero-order valence-corrected chi connectivity index (χ0v) is 10.6. The molecule has 0 aromatic rings. The molecule has 0 aromatic heterocycles. The molecule has 0 rings (SSSR count). The molecule has 0 aliphatic heterocycles. The Morgan fingerprint density at radius 2 is 1.87 bits per heavy atom. The lowest BCUT2D eigenvalue weighted by molar-refractivity contribution is -0.145. The molecule has 88 valence electrons. The number of primary amides is 1. The van der Waals surface area contributed by atoms with Crippen LogP contribution in [-0.2, 0) is 14.3 Å². The normalized spacial score (nSPS) is 13.3. The largest absolute Gasteiger partial charge is 0.465 e. The van der Waals surface area contributed by atoms with Gasteiger partial charge in [0.05, 0.1) is 13.0 Å². The monoisotopic (exact) mass is 232 g/mol. The molecular formula is C9H20N2O3Si. The summed E-state index contributed by atoms with van der Waals surface area (Å²) in [5, 5.41) is 0. The van der Waals surface area contributed by atoms with Gasteiger partial charge in [-0.05, 0) is 6.04 Å². The van der Waals surface area contributed by atoms with Crippen molar-refractivity contribution < 1.29 is 14.3 Å². The van der Waals surface area contributed by atoms with Crippen molar-refractivity contribution in [2.24, 2.45) is 11.5 Å². The van der Waals surface area contributed by atoms with Crippen molar-refractivity contribution in [1.82, 2.24) is 0 Å². The molecule has 0 spiro atoms. The average molecular weight is 232 g/mol. The molecule has 5 nitrogen and oxygen atoms in total. The van der Waals surface area contributed by atoms with E-state index in [1.165, 1.54) is 0 Å². The number of ether oxygens (including phenoxy) is 1. The van der Waals surface area contributed by atoms with Gasteiger partial charge in [0.2, 0.25) is 5.91 Å². The lowest BCUT2D eigenvalue weighted by atomic mass is 10.2. The standard InChI is InChI=1S/C9H20N2O3Si/c1-15(2,3)5-4-14-9(13)7(10)6-8(11)12/h7H,4-6,10H2,1-3H3,(H2,11,12). The molecule has 0 fully saturated rings. The van der Waals surface area contributed by atoms with Crippen molar-refractivity contribution in [3.8, 4) is 0 Å². The summed E-state index contributed by atoms with van der Waals surface area (Å²) in [6.45, 7) is 6.93. The summed E-state index contributed by atoms with van der Waals surface area (Å²) in [6.07, 6.45) is -0.161. The molecule has 0 heterocycles. The quantitative estimate of drug-likeness (QED) is 0.500. The van der Waals surface area contributed by atoms with Crippen molar-refractivity contribution in [2.45, 2.75) is 38.1 Å². The van der Waals surface area contributed by atoms with Crippen LogP contribution in [0.25, 0.3) is 0 Å². The minimum absolute atomic E-state index is 0.161. The Hall–Kier alpha value is -0.883. The maximum Gasteiger partial charge on any atom is 0.323 e. The molecule has 0 aromatic carbocycles. The van der Waals surface area contributed by atoms with Crippen molar-refractivity contribution in [2.75, 3.05) is 6.61 Å². The number of esters is 1. The van der Waals surface area contributed by atoms with Gasteiger partial charge in [0.1, 0.15) is 6.04 Å². The molecule has 0 radical (unpaired) electrons. The van der Waals surface area contributed by atoms with Gasteiger partial charge in [0.25, 0.3) is 0 Å². The van der Waals surface area contributed by atoms with E-state index in [0.717, 1.165) is 6.04 Å². The predicted octanol–water partition coefficient (Wildman–Crippen LogP) is 0.0705. The highest BCUT2D eigenvalue weighted by Gasteiger charge is 2.19. The Balaban J connectivity index is 3.79. The van der Waals surface area contributed by atoms with Gasteiger partial charge in [-0.1, -0.05) is 19.6 Å². The van der Waals surface area contributed by atoms with Crippen molar-refractivity contribution in [3.63, 3.8) is 0 Å².